The lowest BCUT2D eigenvalue weighted by atomic mass is 10.1. The van der Waals surface area contributed by atoms with E-state index < -0.39 is 12.8 Å². The number of carbonyl (C=O) groups excluding carboxylic acids is 3. The summed E-state index contributed by atoms with van der Waals surface area (Å²) in [5.74, 6) is -0.798. The van der Waals surface area contributed by atoms with Crippen LogP contribution < -0.4 is 10.1 Å². The van der Waals surface area contributed by atoms with Gasteiger partial charge in [-0.25, -0.2) is 0 Å². The van der Waals surface area contributed by atoms with Crippen molar-refractivity contribution in [2.24, 2.45) is 0 Å². The van der Waals surface area contributed by atoms with Crippen LogP contribution >= 0.6 is 0 Å². The summed E-state index contributed by atoms with van der Waals surface area (Å²) in [4.78, 5) is 36.0. The summed E-state index contributed by atoms with van der Waals surface area (Å²) >= 11 is 0. The molecule has 0 spiro atoms. The quantitative estimate of drug-likeness (QED) is 0.746. The fraction of sp³-hybridized carbons (Fsp3) is 0.471. The maximum atomic E-state index is 12.1. The normalized spacial score (nSPS) is 15.9. The Bertz CT molecular complexity index is 658. The third-order valence-electron chi connectivity index (χ3n) is 3.88. The number of hydrogen-bond acceptors (Lipinski definition) is 4. The molecule has 1 aromatic rings. The van der Waals surface area contributed by atoms with E-state index in [1.54, 1.807) is 19.1 Å². The van der Waals surface area contributed by atoms with Crippen LogP contribution in [0.1, 0.15) is 37.8 Å². The first kappa shape index (κ1) is 19.7. The molecule has 1 saturated heterocycles. The molecule has 0 saturated carbocycles. The standard InChI is InChI=1S/C17H19F3N2O4/c1-11(12-2-4-13(5-3-12)26-10-17(18,19)20)21-14(23)8-9-22-15(24)6-7-16(22)25/h2-5,11H,6-10H2,1H3,(H,21,23). The molecule has 1 aliphatic heterocycles. The molecule has 1 atom stereocenters. The van der Waals surface area contributed by atoms with Crippen LogP contribution in [0.4, 0.5) is 13.2 Å². The highest BCUT2D eigenvalue weighted by Gasteiger charge is 2.29. The number of rotatable bonds is 7. The first-order chi connectivity index (χ1) is 12.2. The van der Waals surface area contributed by atoms with E-state index in [-0.39, 0.29) is 55.3 Å². The van der Waals surface area contributed by atoms with E-state index in [1.165, 1.54) is 12.1 Å². The number of likely N-dealkylation sites (tertiary alicyclic amines) is 1. The number of imide groups is 1. The lowest BCUT2D eigenvalue weighted by Crippen LogP contribution is -2.34. The fourth-order valence-corrected chi connectivity index (χ4v) is 2.50. The number of benzene rings is 1. The Morgan fingerprint density at radius 1 is 1.19 bits per heavy atom. The van der Waals surface area contributed by atoms with Crippen LogP contribution in [0.15, 0.2) is 24.3 Å². The van der Waals surface area contributed by atoms with Crippen LogP contribution in [-0.2, 0) is 14.4 Å². The molecule has 1 aromatic carbocycles. The second-order valence-corrected chi connectivity index (χ2v) is 5.95. The molecule has 1 unspecified atom stereocenters. The van der Waals surface area contributed by atoms with Gasteiger partial charge in [-0.05, 0) is 24.6 Å². The van der Waals surface area contributed by atoms with Gasteiger partial charge in [-0.1, -0.05) is 12.1 Å². The highest BCUT2D eigenvalue weighted by atomic mass is 19.4. The van der Waals surface area contributed by atoms with E-state index in [1.807, 2.05) is 0 Å². The zero-order chi connectivity index (χ0) is 19.3. The zero-order valence-electron chi connectivity index (χ0n) is 14.1. The number of halogens is 3. The van der Waals surface area contributed by atoms with E-state index in [0.29, 0.717) is 5.56 Å². The van der Waals surface area contributed by atoms with Crippen molar-refractivity contribution in [3.63, 3.8) is 0 Å². The molecule has 1 fully saturated rings. The van der Waals surface area contributed by atoms with Crippen LogP contribution in [0.25, 0.3) is 0 Å². The Morgan fingerprint density at radius 2 is 1.77 bits per heavy atom. The van der Waals surface area contributed by atoms with E-state index in [9.17, 15) is 27.6 Å². The summed E-state index contributed by atoms with van der Waals surface area (Å²) in [6.07, 6.45) is -4.05. The summed E-state index contributed by atoms with van der Waals surface area (Å²) in [5.41, 5.74) is 0.686. The Hall–Kier alpha value is -2.58. The molecule has 3 amide bonds. The second kappa shape index (κ2) is 8.20. The Balaban J connectivity index is 1.81. The van der Waals surface area contributed by atoms with Gasteiger partial charge in [-0.3, -0.25) is 19.3 Å². The fourth-order valence-electron chi connectivity index (χ4n) is 2.50. The molecular formula is C17H19F3N2O4. The number of carbonyl (C=O) groups is 3. The van der Waals surface area contributed by atoms with Crippen LogP contribution in [0, 0.1) is 0 Å². The van der Waals surface area contributed by atoms with E-state index in [4.69, 9.17) is 0 Å². The molecule has 142 valence electrons. The number of hydrogen-bond donors (Lipinski definition) is 1. The molecule has 0 aromatic heterocycles. The molecule has 9 heteroatoms. The predicted octanol–water partition coefficient (Wildman–Crippen LogP) is 2.34. The predicted molar refractivity (Wildman–Crippen MR) is 85.1 cm³/mol. The minimum atomic E-state index is -4.40. The molecule has 0 radical (unpaired) electrons. The SMILES string of the molecule is CC(NC(=O)CCN1C(=O)CCC1=O)c1ccc(OCC(F)(F)F)cc1. The highest BCUT2D eigenvalue weighted by molar-refractivity contribution is 6.02. The molecular weight excluding hydrogens is 353 g/mol. The van der Waals surface area contributed by atoms with Crippen LogP contribution in [0.3, 0.4) is 0 Å². The molecule has 26 heavy (non-hydrogen) atoms. The number of amides is 3. The van der Waals surface area contributed by atoms with Crippen molar-refractivity contribution in [3.05, 3.63) is 29.8 Å². The van der Waals surface area contributed by atoms with Crippen molar-refractivity contribution in [2.45, 2.75) is 38.4 Å². The molecule has 2 rings (SSSR count). The summed E-state index contributed by atoms with van der Waals surface area (Å²) in [6, 6.07) is 5.52. The van der Waals surface area contributed by atoms with Crippen LogP contribution in [0.5, 0.6) is 5.75 Å². The van der Waals surface area contributed by atoms with E-state index in [0.717, 1.165) is 4.90 Å². The van der Waals surface area contributed by atoms with E-state index >= 15 is 0 Å². The number of alkyl halides is 3. The third kappa shape index (κ3) is 5.75. The van der Waals surface area contributed by atoms with Crippen molar-refractivity contribution in [1.82, 2.24) is 10.2 Å². The average molecular weight is 372 g/mol. The maximum Gasteiger partial charge on any atom is 0.422 e. The lowest BCUT2D eigenvalue weighted by Gasteiger charge is -2.17. The van der Waals surface area contributed by atoms with Crippen molar-refractivity contribution in [3.8, 4) is 5.75 Å². The monoisotopic (exact) mass is 372 g/mol. The smallest absolute Gasteiger partial charge is 0.422 e. The Morgan fingerprint density at radius 3 is 2.31 bits per heavy atom. The molecule has 6 nitrogen and oxygen atoms in total. The van der Waals surface area contributed by atoms with Crippen molar-refractivity contribution in [2.75, 3.05) is 13.2 Å². The van der Waals surface area contributed by atoms with Gasteiger partial charge in [-0.2, -0.15) is 13.2 Å². The summed E-state index contributed by atoms with van der Waals surface area (Å²) in [6.45, 7) is 0.392. The topological polar surface area (TPSA) is 75.7 Å². The highest BCUT2D eigenvalue weighted by Crippen LogP contribution is 2.21. The Labute approximate surface area is 148 Å². The van der Waals surface area contributed by atoms with Gasteiger partial charge in [-0.15, -0.1) is 0 Å². The van der Waals surface area contributed by atoms with Gasteiger partial charge in [0.15, 0.2) is 6.61 Å². The average Bonchev–Trinajstić information content (AvgIpc) is 2.89. The number of ether oxygens (including phenoxy) is 1. The van der Waals surface area contributed by atoms with Gasteiger partial charge >= 0.3 is 6.18 Å². The van der Waals surface area contributed by atoms with Crippen LogP contribution in [-0.4, -0.2) is 41.9 Å². The maximum absolute atomic E-state index is 12.1. The zero-order valence-corrected chi connectivity index (χ0v) is 14.1. The van der Waals surface area contributed by atoms with Gasteiger partial charge in [0.1, 0.15) is 5.75 Å². The summed E-state index contributed by atoms with van der Waals surface area (Å²) in [7, 11) is 0. The lowest BCUT2D eigenvalue weighted by molar-refractivity contribution is -0.153. The first-order valence-electron chi connectivity index (χ1n) is 8.08. The van der Waals surface area contributed by atoms with E-state index in [2.05, 4.69) is 10.1 Å². The molecule has 0 bridgehead atoms. The van der Waals surface area contributed by atoms with Crippen molar-refractivity contribution in [1.29, 1.82) is 0 Å². The van der Waals surface area contributed by atoms with Gasteiger partial charge in [0.2, 0.25) is 17.7 Å². The van der Waals surface area contributed by atoms with Crippen molar-refractivity contribution < 1.29 is 32.3 Å². The molecule has 0 aliphatic carbocycles. The summed E-state index contributed by atoms with van der Waals surface area (Å²) < 4.78 is 40.9. The summed E-state index contributed by atoms with van der Waals surface area (Å²) in [5, 5.41) is 2.72. The number of nitrogens with one attached hydrogen (secondary N) is 1. The van der Waals surface area contributed by atoms with Crippen molar-refractivity contribution >= 4 is 17.7 Å². The minimum absolute atomic E-state index is 0.00536. The first-order valence-corrected chi connectivity index (χ1v) is 8.08. The van der Waals surface area contributed by atoms with Gasteiger partial charge in [0.25, 0.3) is 0 Å². The molecule has 1 heterocycles. The van der Waals surface area contributed by atoms with Gasteiger partial charge in [0, 0.05) is 25.8 Å². The largest absolute Gasteiger partial charge is 0.484 e. The molecule has 1 N–H and O–H groups in total. The molecule has 1 aliphatic rings. The second-order valence-electron chi connectivity index (χ2n) is 5.95. The minimum Gasteiger partial charge on any atom is -0.484 e. The van der Waals surface area contributed by atoms with Gasteiger partial charge < -0.3 is 10.1 Å². The number of nitrogens with zero attached hydrogens (tertiary/aromatic N) is 1. The van der Waals surface area contributed by atoms with Gasteiger partial charge in [0.05, 0.1) is 6.04 Å². The van der Waals surface area contributed by atoms with Crippen LogP contribution in [0.2, 0.25) is 0 Å². The third-order valence-corrected chi connectivity index (χ3v) is 3.88. The Kier molecular flexibility index (Phi) is 6.23.